The zero-order chi connectivity index (χ0) is 21.7. The molecule has 0 saturated carbocycles. The Balaban J connectivity index is 1.74. The lowest BCUT2D eigenvalue weighted by atomic mass is 10.1. The van der Waals surface area contributed by atoms with Crippen LogP contribution in [0, 0.1) is 0 Å². The number of methoxy groups -OCH3 is 1. The Bertz CT molecular complexity index is 1010. The zero-order valence-corrected chi connectivity index (χ0v) is 18.0. The number of halogens is 1. The van der Waals surface area contributed by atoms with Crippen LogP contribution >= 0.6 is 15.9 Å². The fourth-order valence-corrected chi connectivity index (χ4v) is 3.25. The number of rotatable bonds is 7. The van der Waals surface area contributed by atoms with E-state index in [0.29, 0.717) is 27.2 Å². The number of anilines is 1. The second-order valence-corrected chi connectivity index (χ2v) is 7.12. The number of nitrogens with zero attached hydrogens (tertiary/aromatic N) is 1. The van der Waals surface area contributed by atoms with Crippen molar-refractivity contribution in [1.82, 2.24) is 10.2 Å². The number of urea groups is 1. The Labute approximate surface area is 182 Å². The SMILES string of the molecule is CCN1C(=O)N/C(=C/c2cc(OC)c(OCC(=O)Nc3ccccc3)cc2Br)C1=O. The molecule has 1 fully saturated rings. The minimum Gasteiger partial charge on any atom is -0.493 e. The van der Waals surface area contributed by atoms with Crippen molar-refractivity contribution in [3.63, 3.8) is 0 Å². The molecule has 8 nitrogen and oxygen atoms in total. The van der Waals surface area contributed by atoms with Gasteiger partial charge in [0.2, 0.25) is 0 Å². The van der Waals surface area contributed by atoms with Crippen molar-refractivity contribution in [3.05, 3.63) is 58.2 Å². The summed E-state index contributed by atoms with van der Waals surface area (Å²) in [7, 11) is 1.47. The molecule has 0 aliphatic carbocycles. The van der Waals surface area contributed by atoms with Gasteiger partial charge in [0.25, 0.3) is 11.8 Å². The average Bonchev–Trinajstić information content (AvgIpc) is 3.01. The van der Waals surface area contributed by atoms with Gasteiger partial charge in [0, 0.05) is 16.7 Å². The first-order chi connectivity index (χ1) is 14.4. The Morgan fingerprint density at radius 3 is 2.57 bits per heavy atom. The van der Waals surface area contributed by atoms with Gasteiger partial charge in [-0.15, -0.1) is 0 Å². The van der Waals surface area contributed by atoms with Crippen LogP contribution in [0.4, 0.5) is 10.5 Å². The van der Waals surface area contributed by atoms with Crippen LogP contribution in [-0.2, 0) is 9.59 Å². The summed E-state index contributed by atoms with van der Waals surface area (Å²) < 4.78 is 11.6. The summed E-state index contributed by atoms with van der Waals surface area (Å²) >= 11 is 3.43. The van der Waals surface area contributed by atoms with E-state index in [4.69, 9.17) is 9.47 Å². The number of carbonyl (C=O) groups excluding carboxylic acids is 3. The predicted molar refractivity (Wildman–Crippen MR) is 115 cm³/mol. The van der Waals surface area contributed by atoms with Gasteiger partial charge in [0.15, 0.2) is 18.1 Å². The Morgan fingerprint density at radius 1 is 1.20 bits per heavy atom. The minimum atomic E-state index is -0.457. The fraction of sp³-hybridized carbons (Fsp3) is 0.190. The summed E-state index contributed by atoms with van der Waals surface area (Å²) in [5.74, 6) is 0.0177. The molecule has 30 heavy (non-hydrogen) atoms. The summed E-state index contributed by atoms with van der Waals surface area (Å²) in [5.41, 5.74) is 1.45. The topological polar surface area (TPSA) is 97.0 Å². The van der Waals surface area contributed by atoms with E-state index in [2.05, 4.69) is 26.6 Å². The molecular formula is C21H20BrN3O5. The van der Waals surface area contributed by atoms with E-state index in [-0.39, 0.29) is 24.8 Å². The third-order valence-corrected chi connectivity index (χ3v) is 4.96. The van der Waals surface area contributed by atoms with Crippen molar-refractivity contribution in [2.75, 3.05) is 25.6 Å². The first-order valence-electron chi connectivity index (χ1n) is 9.12. The van der Waals surface area contributed by atoms with Crippen molar-refractivity contribution < 1.29 is 23.9 Å². The Kier molecular flexibility index (Phi) is 6.73. The molecule has 0 spiro atoms. The van der Waals surface area contributed by atoms with Crippen LogP contribution in [0.15, 0.2) is 52.6 Å². The van der Waals surface area contributed by atoms with E-state index in [1.54, 1.807) is 37.3 Å². The number of amides is 4. The van der Waals surface area contributed by atoms with Gasteiger partial charge in [-0.25, -0.2) is 4.79 Å². The van der Waals surface area contributed by atoms with Crippen LogP contribution in [0.1, 0.15) is 12.5 Å². The van der Waals surface area contributed by atoms with E-state index in [1.165, 1.54) is 7.11 Å². The number of hydrogen-bond donors (Lipinski definition) is 2. The number of benzene rings is 2. The Morgan fingerprint density at radius 2 is 1.93 bits per heavy atom. The van der Waals surface area contributed by atoms with E-state index >= 15 is 0 Å². The molecule has 1 aliphatic heterocycles. The number of carbonyl (C=O) groups is 3. The summed E-state index contributed by atoms with van der Waals surface area (Å²) in [6.45, 7) is 1.79. The number of likely N-dealkylation sites (N-methyl/N-ethyl adjacent to an activating group) is 1. The number of nitrogens with one attached hydrogen (secondary N) is 2. The van der Waals surface area contributed by atoms with Crippen molar-refractivity contribution in [2.45, 2.75) is 6.92 Å². The molecule has 0 aromatic heterocycles. The molecule has 1 saturated heterocycles. The van der Waals surface area contributed by atoms with Gasteiger partial charge in [-0.3, -0.25) is 14.5 Å². The van der Waals surface area contributed by atoms with Crippen molar-refractivity contribution in [2.24, 2.45) is 0 Å². The Hall–Kier alpha value is -3.33. The monoisotopic (exact) mass is 473 g/mol. The van der Waals surface area contributed by atoms with Crippen LogP contribution in [-0.4, -0.2) is 43.0 Å². The third kappa shape index (κ3) is 4.80. The van der Waals surface area contributed by atoms with Crippen LogP contribution in [0.2, 0.25) is 0 Å². The molecule has 2 aromatic carbocycles. The fourth-order valence-electron chi connectivity index (χ4n) is 2.81. The summed E-state index contributed by atoms with van der Waals surface area (Å²) in [6.07, 6.45) is 1.55. The van der Waals surface area contributed by atoms with Crippen molar-refractivity contribution >= 4 is 45.5 Å². The molecule has 3 rings (SSSR count). The highest BCUT2D eigenvalue weighted by Crippen LogP contribution is 2.35. The van der Waals surface area contributed by atoms with Gasteiger partial charge in [-0.1, -0.05) is 34.1 Å². The van der Waals surface area contributed by atoms with Crippen LogP contribution in [0.3, 0.4) is 0 Å². The molecule has 0 bridgehead atoms. The maximum absolute atomic E-state index is 12.3. The maximum Gasteiger partial charge on any atom is 0.328 e. The van der Waals surface area contributed by atoms with Crippen LogP contribution < -0.4 is 20.1 Å². The quantitative estimate of drug-likeness (QED) is 0.474. The van der Waals surface area contributed by atoms with Gasteiger partial charge in [-0.2, -0.15) is 0 Å². The highest BCUT2D eigenvalue weighted by molar-refractivity contribution is 9.10. The molecule has 9 heteroatoms. The van der Waals surface area contributed by atoms with Gasteiger partial charge >= 0.3 is 6.03 Å². The second-order valence-electron chi connectivity index (χ2n) is 6.27. The van der Waals surface area contributed by atoms with E-state index in [9.17, 15) is 14.4 Å². The molecule has 156 valence electrons. The normalized spacial score (nSPS) is 14.6. The predicted octanol–water partition coefficient (Wildman–Crippen LogP) is 3.39. The number of ether oxygens (including phenoxy) is 2. The molecule has 0 atom stereocenters. The third-order valence-electron chi connectivity index (χ3n) is 4.28. The molecule has 2 N–H and O–H groups in total. The average molecular weight is 474 g/mol. The largest absolute Gasteiger partial charge is 0.493 e. The first-order valence-corrected chi connectivity index (χ1v) is 9.92. The summed E-state index contributed by atoms with van der Waals surface area (Å²) in [4.78, 5) is 37.3. The van der Waals surface area contributed by atoms with E-state index in [1.807, 2.05) is 18.2 Å². The van der Waals surface area contributed by atoms with Crippen LogP contribution in [0.25, 0.3) is 6.08 Å². The molecule has 1 heterocycles. The standard InChI is InChI=1S/C21H20BrN3O5/c1-3-25-20(27)16(24-21(25)28)9-13-10-17(29-2)18(11-15(13)22)30-12-19(26)23-14-7-5-4-6-8-14/h4-11H,3,12H2,1-2H3,(H,23,26)(H,24,28)/b16-9+. The molecule has 0 radical (unpaired) electrons. The molecule has 4 amide bonds. The maximum atomic E-state index is 12.3. The van der Waals surface area contributed by atoms with E-state index < -0.39 is 11.9 Å². The lowest BCUT2D eigenvalue weighted by Crippen LogP contribution is -2.30. The number of para-hydroxylation sites is 1. The lowest BCUT2D eigenvalue weighted by molar-refractivity contribution is -0.122. The number of hydrogen-bond acceptors (Lipinski definition) is 5. The minimum absolute atomic E-state index is 0.167. The summed E-state index contributed by atoms with van der Waals surface area (Å²) in [6, 6.07) is 11.9. The number of imide groups is 1. The first kappa shape index (κ1) is 21.4. The van der Waals surface area contributed by atoms with Gasteiger partial charge in [0.05, 0.1) is 7.11 Å². The van der Waals surface area contributed by atoms with Gasteiger partial charge in [-0.05, 0) is 42.8 Å². The van der Waals surface area contributed by atoms with E-state index in [0.717, 1.165) is 4.90 Å². The highest BCUT2D eigenvalue weighted by Gasteiger charge is 2.32. The molecular weight excluding hydrogens is 454 g/mol. The van der Waals surface area contributed by atoms with Gasteiger partial charge < -0.3 is 20.1 Å². The second kappa shape index (κ2) is 9.45. The van der Waals surface area contributed by atoms with Crippen molar-refractivity contribution in [3.8, 4) is 11.5 Å². The van der Waals surface area contributed by atoms with Crippen LogP contribution in [0.5, 0.6) is 11.5 Å². The summed E-state index contributed by atoms with van der Waals surface area (Å²) in [5, 5.41) is 5.28. The molecule has 1 aliphatic rings. The van der Waals surface area contributed by atoms with Crippen molar-refractivity contribution in [1.29, 1.82) is 0 Å². The molecule has 2 aromatic rings. The smallest absolute Gasteiger partial charge is 0.328 e. The molecule has 0 unspecified atom stereocenters. The lowest BCUT2D eigenvalue weighted by Gasteiger charge is -2.13. The highest BCUT2D eigenvalue weighted by atomic mass is 79.9. The zero-order valence-electron chi connectivity index (χ0n) is 16.4. The van der Waals surface area contributed by atoms with Gasteiger partial charge in [0.1, 0.15) is 5.70 Å².